The number of halogens is 2. The predicted molar refractivity (Wildman–Crippen MR) is 149 cm³/mol. The highest BCUT2D eigenvalue weighted by Gasteiger charge is 2.24. The van der Waals surface area contributed by atoms with E-state index in [0.29, 0.717) is 5.71 Å². The number of aryl methyl sites for hydroxylation is 2. The molecule has 0 saturated carbocycles. The Morgan fingerprint density at radius 2 is 1.65 bits per heavy atom. The molecule has 0 aromatic heterocycles. The van der Waals surface area contributed by atoms with Crippen LogP contribution in [0.1, 0.15) is 35.1 Å². The fourth-order valence-corrected chi connectivity index (χ4v) is 5.85. The summed E-state index contributed by atoms with van der Waals surface area (Å²) in [6, 6.07) is 23.4. The molecule has 0 fully saturated rings. The molecule has 0 unspecified atom stereocenters. The van der Waals surface area contributed by atoms with Crippen molar-refractivity contribution in [2.45, 2.75) is 30.6 Å². The molecule has 0 atom stereocenters. The normalized spacial score (nSPS) is 14.6. The number of carbonyl (C=O) groups is 1. The molecule has 1 aliphatic carbocycles. The van der Waals surface area contributed by atoms with Crippen LogP contribution < -0.4 is 5.73 Å². The quantitative estimate of drug-likeness (QED) is 0.230. The second kappa shape index (κ2) is 9.83. The minimum atomic E-state index is -0.498. The molecule has 6 rings (SSSR count). The topological polar surface area (TPSA) is 55.5 Å². The van der Waals surface area contributed by atoms with Crippen molar-refractivity contribution in [3.05, 3.63) is 89.0 Å². The van der Waals surface area contributed by atoms with Crippen LogP contribution in [0.4, 0.5) is 0 Å². The van der Waals surface area contributed by atoms with E-state index in [9.17, 15) is 4.79 Å². The van der Waals surface area contributed by atoms with E-state index in [2.05, 4.69) is 59.0 Å². The first-order valence-electron chi connectivity index (χ1n) is 11.0. The number of benzene rings is 4. The molecule has 0 radical (unpaired) electrons. The zero-order valence-electron chi connectivity index (χ0n) is 18.4. The van der Waals surface area contributed by atoms with Crippen LogP contribution in [0.25, 0.3) is 33.2 Å². The first-order chi connectivity index (χ1) is 15.7. The third kappa shape index (κ3) is 4.00. The molecule has 4 aromatic carbocycles. The van der Waals surface area contributed by atoms with Crippen molar-refractivity contribution in [2.75, 3.05) is 0 Å². The van der Waals surface area contributed by atoms with Crippen molar-refractivity contribution in [1.82, 2.24) is 0 Å². The molecule has 2 N–H and O–H groups in total. The van der Waals surface area contributed by atoms with Crippen LogP contribution in [0.15, 0.2) is 76.0 Å². The molecule has 172 valence electrons. The van der Waals surface area contributed by atoms with Crippen LogP contribution in [0, 0.1) is 0 Å². The first-order valence-corrected chi connectivity index (χ1v) is 11.8. The summed E-state index contributed by atoms with van der Waals surface area (Å²) in [6.45, 7) is 0. The molecule has 0 bridgehead atoms. The van der Waals surface area contributed by atoms with Crippen LogP contribution in [0.3, 0.4) is 0 Å². The van der Waals surface area contributed by atoms with E-state index in [1.165, 1.54) is 52.1 Å². The summed E-state index contributed by atoms with van der Waals surface area (Å²) in [4.78, 5) is 13.6. The fraction of sp³-hybridized carbons (Fsp3) is 0.143. The molecular formula is C28H24Cl2N2OS. The van der Waals surface area contributed by atoms with Gasteiger partial charge in [-0.1, -0.05) is 54.6 Å². The maximum Gasteiger partial charge on any atom is 0.268 e. The van der Waals surface area contributed by atoms with E-state index in [0.717, 1.165) is 39.8 Å². The van der Waals surface area contributed by atoms with Crippen LogP contribution >= 0.6 is 36.8 Å². The molecule has 34 heavy (non-hydrogen) atoms. The molecule has 6 heteroatoms. The smallest absolute Gasteiger partial charge is 0.268 e. The van der Waals surface area contributed by atoms with E-state index in [1.54, 1.807) is 0 Å². The Balaban J connectivity index is 0.00000137. The van der Waals surface area contributed by atoms with E-state index < -0.39 is 5.91 Å². The van der Waals surface area contributed by atoms with Crippen molar-refractivity contribution in [3.63, 3.8) is 0 Å². The van der Waals surface area contributed by atoms with Crippen molar-refractivity contribution < 1.29 is 4.79 Å². The highest BCUT2D eigenvalue weighted by Crippen LogP contribution is 2.41. The standard InChI is InChI=1S/C28H22N2OS.2ClH/c29-28(31)27-24(16-19-9-3-6-12-25(19)32-30-27)23-15-18-8-2-4-10-20(18)22-14-13-17-7-1-5-11-21(17)26(22)23;;/h2-4,6,8-10,12-16H,1,5,7,11H2,(H2,29,31);2*1H. The summed E-state index contributed by atoms with van der Waals surface area (Å²) in [7, 11) is 0. The molecule has 1 amide bonds. The van der Waals surface area contributed by atoms with Gasteiger partial charge in [0.25, 0.3) is 5.91 Å². The zero-order chi connectivity index (χ0) is 21.7. The lowest BCUT2D eigenvalue weighted by Gasteiger charge is -2.22. The average molecular weight is 507 g/mol. The number of hydrogen-bond donors (Lipinski definition) is 1. The molecule has 3 nitrogen and oxygen atoms in total. The second-order valence-corrected chi connectivity index (χ2v) is 9.27. The Hall–Kier alpha value is -2.79. The van der Waals surface area contributed by atoms with E-state index >= 15 is 0 Å². The van der Waals surface area contributed by atoms with Crippen molar-refractivity contribution >= 4 is 81.6 Å². The Morgan fingerprint density at radius 1 is 0.882 bits per heavy atom. The van der Waals surface area contributed by atoms with E-state index in [4.69, 9.17) is 5.73 Å². The molecule has 0 spiro atoms. The molecule has 1 heterocycles. The molecular weight excluding hydrogens is 483 g/mol. The van der Waals surface area contributed by atoms with Crippen molar-refractivity contribution in [1.29, 1.82) is 0 Å². The minimum Gasteiger partial charge on any atom is -0.364 e. The van der Waals surface area contributed by atoms with Gasteiger partial charge in [0.2, 0.25) is 0 Å². The second-order valence-electron chi connectivity index (χ2n) is 8.47. The predicted octanol–water partition coefficient (Wildman–Crippen LogP) is 7.20. The Kier molecular flexibility index (Phi) is 7.04. The third-order valence-electron chi connectivity index (χ3n) is 6.59. The van der Waals surface area contributed by atoms with Crippen LogP contribution in [-0.4, -0.2) is 11.6 Å². The summed E-state index contributed by atoms with van der Waals surface area (Å²) in [5, 5.41) is 4.86. The van der Waals surface area contributed by atoms with Gasteiger partial charge >= 0.3 is 0 Å². The van der Waals surface area contributed by atoms with E-state index in [1.807, 2.05) is 18.2 Å². The molecule has 4 aromatic rings. The number of hydrogen-bond acceptors (Lipinski definition) is 3. The van der Waals surface area contributed by atoms with Crippen LogP contribution in [0.2, 0.25) is 0 Å². The SMILES string of the molecule is Cl.Cl.NC(=O)C1=NSc2ccccc2C=C1c1cc2ccccc2c2ccc3c(c12)CCCC3. The molecule has 2 aliphatic rings. The monoisotopic (exact) mass is 506 g/mol. The van der Waals surface area contributed by atoms with E-state index in [-0.39, 0.29) is 24.8 Å². The number of amides is 1. The largest absolute Gasteiger partial charge is 0.364 e. The number of fused-ring (bicyclic) bond motifs is 6. The minimum absolute atomic E-state index is 0. The summed E-state index contributed by atoms with van der Waals surface area (Å²) < 4.78 is 4.61. The van der Waals surface area contributed by atoms with Gasteiger partial charge in [-0.2, -0.15) is 0 Å². The number of primary amides is 1. The Bertz CT molecular complexity index is 1490. The molecule has 0 saturated heterocycles. The lowest BCUT2D eigenvalue weighted by atomic mass is 9.82. The molecule has 1 aliphatic heterocycles. The Morgan fingerprint density at radius 3 is 2.50 bits per heavy atom. The average Bonchev–Trinajstić information content (AvgIpc) is 3.03. The maximum atomic E-state index is 12.6. The highest BCUT2D eigenvalue weighted by atomic mass is 35.5. The number of nitrogens with zero attached hydrogens (tertiary/aromatic N) is 1. The summed E-state index contributed by atoms with van der Waals surface area (Å²) in [5.41, 5.74) is 11.9. The van der Waals surface area contributed by atoms with Gasteiger partial charge in [-0.25, -0.2) is 4.40 Å². The summed E-state index contributed by atoms with van der Waals surface area (Å²) in [6.07, 6.45) is 6.66. The van der Waals surface area contributed by atoms with Gasteiger partial charge in [-0.15, -0.1) is 24.8 Å². The first kappa shape index (κ1) is 24.3. The van der Waals surface area contributed by atoms with Gasteiger partial charge in [0, 0.05) is 22.4 Å². The lowest BCUT2D eigenvalue weighted by Crippen LogP contribution is -2.24. The van der Waals surface area contributed by atoms with Crippen LogP contribution in [0.5, 0.6) is 0 Å². The number of carbonyl (C=O) groups excluding carboxylic acids is 1. The lowest BCUT2D eigenvalue weighted by molar-refractivity contribution is -0.111. The Labute approximate surface area is 215 Å². The maximum absolute atomic E-state index is 12.6. The van der Waals surface area contributed by atoms with Crippen LogP contribution in [-0.2, 0) is 17.6 Å². The van der Waals surface area contributed by atoms with Gasteiger partial charge < -0.3 is 5.73 Å². The van der Waals surface area contributed by atoms with Crippen molar-refractivity contribution in [3.8, 4) is 0 Å². The van der Waals surface area contributed by atoms with Gasteiger partial charge in [0.05, 0.1) is 0 Å². The van der Waals surface area contributed by atoms with Gasteiger partial charge in [0.1, 0.15) is 5.71 Å². The van der Waals surface area contributed by atoms with Gasteiger partial charge in [-0.3, -0.25) is 4.79 Å². The summed E-state index contributed by atoms with van der Waals surface area (Å²) in [5.74, 6) is -0.498. The fourth-order valence-electron chi connectivity index (χ4n) is 5.10. The zero-order valence-corrected chi connectivity index (χ0v) is 20.9. The van der Waals surface area contributed by atoms with Gasteiger partial charge in [0.15, 0.2) is 0 Å². The highest BCUT2D eigenvalue weighted by molar-refractivity contribution is 7.98. The number of rotatable bonds is 2. The summed E-state index contributed by atoms with van der Waals surface area (Å²) >= 11 is 1.32. The number of nitrogens with two attached hydrogens (primary N) is 1. The third-order valence-corrected chi connectivity index (χ3v) is 7.43. The van der Waals surface area contributed by atoms with Gasteiger partial charge in [-0.05, 0) is 87.7 Å². The van der Waals surface area contributed by atoms with Crippen molar-refractivity contribution in [2.24, 2.45) is 10.1 Å².